The van der Waals surface area contributed by atoms with E-state index in [1.165, 1.54) is 0 Å². The van der Waals surface area contributed by atoms with E-state index in [0.29, 0.717) is 25.3 Å². The fraction of sp³-hybridized carbons (Fsp3) is 0.467. The van der Waals surface area contributed by atoms with E-state index in [4.69, 9.17) is 9.84 Å². The zero-order valence-corrected chi connectivity index (χ0v) is 11.7. The van der Waals surface area contributed by atoms with Crippen LogP contribution < -0.4 is 0 Å². The molecule has 1 aliphatic rings. The van der Waals surface area contributed by atoms with Crippen molar-refractivity contribution in [2.24, 2.45) is 11.8 Å². The molecule has 0 bridgehead atoms. The van der Waals surface area contributed by atoms with Crippen molar-refractivity contribution in [2.45, 2.75) is 13.5 Å². The van der Waals surface area contributed by atoms with Gasteiger partial charge < -0.3 is 14.7 Å². The standard InChI is InChI=1S/C15H19NO4/c1-10(15(18)19)13-7-16(8-13)14(17)12-5-3-11(4-6-12)9-20-2/h3-6,10,13H,7-9H2,1-2H3,(H,18,19). The number of methoxy groups -OCH3 is 1. The Morgan fingerprint density at radius 3 is 2.45 bits per heavy atom. The van der Waals surface area contributed by atoms with Crippen LogP contribution in [0.15, 0.2) is 24.3 Å². The number of hydrogen-bond acceptors (Lipinski definition) is 3. The molecule has 5 nitrogen and oxygen atoms in total. The summed E-state index contributed by atoms with van der Waals surface area (Å²) < 4.78 is 5.02. The fourth-order valence-electron chi connectivity index (χ4n) is 2.29. The molecule has 1 heterocycles. The van der Waals surface area contributed by atoms with E-state index in [-0.39, 0.29) is 11.8 Å². The molecule has 0 saturated carbocycles. The topological polar surface area (TPSA) is 66.8 Å². The van der Waals surface area contributed by atoms with Crippen LogP contribution >= 0.6 is 0 Å². The summed E-state index contributed by atoms with van der Waals surface area (Å²) in [5, 5.41) is 8.93. The lowest BCUT2D eigenvalue weighted by molar-refractivity contribution is -0.144. The molecule has 0 aromatic heterocycles. The van der Waals surface area contributed by atoms with Gasteiger partial charge in [-0.15, -0.1) is 0 Å². The number of rotatable bonds is 5. The number of carbonyl (C=O) groups is 2. The molecule has 1 amide bonds. The van der Waals surface area contributed by atoms with Gasteiger partial charge in [0, 0.05) is 31.7 Å². The molecule has 0 spiro atoms. The van der Waals surface area contributed by atoms with Gasteiger partial charge in [-0.25, -0.2) is 0 Å². The summed E-state index contributed by atoms with van der Waals surface area (Å²) >= 11 is 0. The van der Waals surface area contributed by atoms with Crippen molar-refractivity contribution in [1.29, 1.82) is 0 Å². The smallest absolute Gasteiger partial charge is 0.306 e. The summed E-state index contributed by atoms with van der Waals surface area (Å²) in [6.07, 6.45) is 0. The first kappa shape index (κ1) is 14.5. The molecule has 1 aliphatic heterocycles. The minimum atomic E-state index is -0.800. The van der Waals surface area contributed by atoms with Gasteiger partial charge in [0.15, 0.2) is 0 Å². The summed E-state index contributed by atoms with van der Waals surface area (Å²) in [5.41, 5.74) is 1.65. The minimum absolute atomic E-state index is 0.0391. The largest absolute Gasteiger partial charge is 0.481 e. The highest BCUT2D eigenvalue weighted by Crippen LogP contribution is 2.25. The second-order valence-corrected chi connectivity index (χ2v) is 5.23. The number of likely N-dealkylation sites (tertiary alicyclic amines) is 1. The molecular formula is C15H19NO4. The number of nitrogens with zero attached hydrogens (tertiary/aromatic N) is 1. The molecule has 0 aliphatic carbocycles. The second kappa shape index (κ2) is 6.05. The van der Waals surface area contributed by atoms with Crippen molar-refractivity contribution < 1.29 is 19.4 Å². The Hall–Kier alpha value is -1.88. The van der Waals surface area contributed by atoms with Crippen molar-refractivity contribution in [1.82, 2.24) is 4.90 Å². The van der Waals surface area contributed by atoms with Crippen LogP contribution in [0.1, 0.15) is 22.8 Å². The molecule has 1 unspecified atom stereocenters. The van der Waals surface area contributed by atoms with Crippen LogP contribution in [-0.4, -0.2) is 42.1 Å². The highest BCUT2D eigenvalue weighted by molar-refractivity contribution is 5.94. The number of carboxylic acid groups (broad SMARTS) is 1. The van der Waals surface area contributed by atoms with Crippen LogP contribution in [0.2, 0.25) is 0 Å². The van der Waals surface area contributed by atoms with E-state index in [2.05, 4.69) is 0 Å². The monoisotopic (exact) mass is 277 g/mol. The van der Waals surface area contributed by atoms with Gasteiger partial charge in [0.1, 0.15) is 0 Å². The maximum absolute atomic E-state index is 12.2. The Balaban J connectivity index is 1.92. The number of ether oxygens (including phenoxy) is 1. The lowest BCUT2D eigenvalue weighted by Crippen LogP contribution is -2.53. The lowest BCUT2D eigenvalue weighted by atomic mass is 9.86. The summed E-state index contributed by atoms with van der Waals surface area (Å²) in [6, 6.07) is 7.30. The third-order valence-electron chi connectivity index (χ3n) is 3.81. The number of amides is 1. The van der Waals surface area contributed by atoms with Gasteiger partial charge in [0.05, 0.1) is 12.5 Å². The summed E-state index contributed by atoms with van der Waals surface area (Å²) in [7, 11) is 1.63. The molecule has 20 heavy (non-hydrogen) atoms. The van der Waals surface area contributed by atoms with Gasteiger partial charge in [-0.05, 0) is 17.7 Å². The van der Waals surface area contributed by atoms with Crippen LogP contribution in [0.4, 0.5) is 0 Å². The number of aliphatic carboxylic acids is 1. The summed E-state index contributed by atoms with van der Waals surface area (Å²) in [5.74, 6) is -1.18. The molecule has 1 aromatic carbocycles. The Bertz CT molecular complexity index is 491. The van der Waals surface area contributed by atoms with E-state index in [1.807, 2.05) is 12.1 Å². The van der Waals surface area contributed by atoms with Crippen molar-refractivity contribution in [3.8, 4) is 0 Å². The Labute approximate surface area is 118 Å². The van der Waals surface area contributed by atoms with Gasteiger partial charge in [-0.3, -0.25) is 9.59 Å². The van der Waals surface area contributed by atoms with Crippen molar-refractivity contribution in [3.05, 3.63) is 35.4 Å². The van der Waals surface area contributed by atoms with Crippen molar-refractivity contribution in [3.63, 3.8) is 0 Å². The number of benzene rings is 1. The average Bonchev–Trinajstić information content (AvgIpc) is 2.37. The van der Waals surface area contributed by atoms with E-state index >= 15 is 0 Å². The maximum atomic E-state index is 12.2. The maximum Gasteiger partial charge on any atom is 0.306 e. The van der Waals surface area contributed by atoms with Gasteiger partial charge in [-0.1, -0.05) is 19.1 Å². The molecule has 0 radical (unpaired) electrons. The first-order valence-electron chi connectivity index (χ1n) is 6.63. The van der Waals surface area contributed by atoms with E-state index in [0.717, 1.165) is 5.56 Å². The minimum Gasteiger partial charge on any atom is -0.481 e. The Morgan fingerprint density at radius 1 is 1.35 bits per heavy atom. The van der Waals surface area contributed by atoms with E-state index in [1.54, 1.807) is 31.1 Å². The second-order valence-electron chi connectivity index (χ2n) is 5.23. The van der Waals surface area contributed by atoms with Crippen LogP contribution in [0, 0.1) is 11.8 Å². The first-order chi connectivity index (χ1) is 9.52. The highest BCUT2D eigenvalue weighted by Gasteiger charge is 2.37. The Morgan fingerprint density at radius 2 is 1.95 bits per heavy atom. The number of carboxylic acids is 1. The average molecular weight is 277 g/mol. The normalized spacial score (nSPS) is 16.6. The Kier molecular flexibility index (Phi) is 4.39. The zero-order chi connectivity index (χ0) is 14.7. The quantitative estimate of drug-likeness (QED) is 0.888. The molecule has 1 atom stereocenters. The predicted molar refractivity (Wildman–Crippen MR) is 73.3 cm³/mol. The SMILES string of the molecule is COCc1ccc(C(=O)N2CC(C(C)C(=O)O)C2)cc1. The van der Waals surface area contributed by atoms with Crippen LogP contribution in [0.5, 0.6) is 0 Å². The van der Waals surface area contributed by atoms with Gasteiger partial charge >= 0.3 is 5.97 Å². The van der Waals surface area contributed by atoms with Crippen LogP contribution in [-0.2, 0) is 16.1 Å². The molecular weight excluding hydrogens is 258 g/mol. The van der Waals surface area contributed by atoms with Crippen LogP contribution in [0.25, 0.3) is 0 Å². The number of carbonyl (C=O) groups excluding carboxylic acids is 1. The van der Waals surface area contributed by atoms with E-state index in [9.17, 15) is 9.59 Å². The molecule has 2 rings (SSSR count). The summed E-state index contributed by atoms with van der Waals surface area (Å²) in [6.45, 7) is 3.25. The third-order valence-corrected chi connectivity index (χ3v) is 3.81. The molecule has 1 fully saturated rings. The van der Waals surface area contributed by atoms with Gasteiger partial charge in [-0.2, -0.15) is 0 Å². The molecule has 1 aromatic rings. The lowest BCUT2D eigenvalue weighted by Gasteiger charge is -2.41. The first-order valence-corrected chi connectivity index (χ1v) is 6.63. The molecule has 108 valence electrons. The zero-order valence-electron chi connectivity index (χ0n) is 11.7. The number of hydrogen-bond donors (Lipinski definition) is 1. The third kappa shape index (κ3) is 2.99. The predicted octanol–water partition coefficient (Wildman–Crippen LogP) is 1.63. The highest BCUT2D eigenvalue weighted by atomic mass is 16.5. The molecule has 5 heteroatoms. The fourth-order valence-corrected chi connectivity index (χ4v) is 2.29. The summed E-state index contributed by atoms with van der Waals surface area (Å²) in [4.78, 5) is 24.7. The van der Waals surface area contributed by atoms with Crippen molar-refractivity contribution in [2.75, 3.05) is 20.2 Å². The molecule has 1 N–H and O–H groups in total. The van der Waals surface area contributed by atoms with Gasteiger partial charge in [0.2, 0.25) is 0 Å². The van der Waals surface area contributed by atoms with E-state index < -0.39 is 11.9 Å². The van der Waals surface area contributed by atoms with Crippen LogP contribution in [0.3, 0.4) is 0 Å². The molecule has 1 saturated heterocycles. The van der Waals surface area contributed by atoms with Gasteiger partial charge in [0.25, 0.3) is 5.91 Å². The van der Waals surface area contributed by atoms with Crippen molar-refractivity contribution >= 4 is 11.9 Å².